The second-order valence-corrected chi connectivity index (χ2v) is 7.18. The predicted octanol–water partition coefficient (Wildman–Crippen LogP) is 3.00. The van der Waals surface area contributed by atoms with E-state index in [1.807, 2.05) is 19.1 Å². The lowest BCUT2D eigenvalue weighted by Crippen LogP contribution is -2.23. The van der Waals surface area contributed by atoms with E-state index in [0.29, 0.717) is 5.71 Å². The number of hydrogen-bond donors (Lipinski definition) is 0. The molecular formula is C21H21F2N5O3. The fourth-order valence-corrected chi connectivity index (χ4v) is 3.77. The van der Waals surface area contributed by atoms with Crippen LogP contribution in [0, 0.1) is 0 Å². The molecule has 0 radical (unpaired) electrons. The Bertz CT molecular complexity index is 1190. The minimum absolute atomic E-state index is 0.126. The molecule has 3 aromatic rings. The first-order valence-corrected chi connectivity index (χ1v) is 9.79. The molecule has 0 N–H and O–H groups in total. The van der Waals surface area contributed by atoms with Crippen LogP contribution in [0.5, 0.6) is 5.75 Å². The Kier molecular flexibility index (Phi) is 5.79. The Labute approximate surface area is 176 Å². The van der Waals surface area contributed by atoms with Gasteiger partial charge in [0.15, 0.2) is 0 Å². The zero-order valence-corrected chi connectivity index (χ0v) is 17.1. The van der Waals surface area contributed by atoms with Gasteiger partial charge in [-0.05, 0) is 59.9 Å². The van der Waals surface area contributed by atoms with Crippen molar-refractivity contribution in [3.63, 3.8) is 0 Å². The maximum absolute atomic E-state index is 12.9. The largest absolute Gasteiger partial charge is 0.434 e. The van der Waals surface area contributed by atoms with E-state index in [2.05, 4.69) is 26.4 Å². The Morgan fingerprint density at radius 2 is 2.00 bits per heavy atom. The van der Waals surface area contributed by atoms with E-state index in [0.717, 1.165) is 34.2 Å². The van der Waals surface area contributed by atoms with Gasteiger partial charge in [0, 0.05) is 12.6 Å². The highest BCUT2D eigenvalue weighted by atomic mass is 19.3. The van der Waals surface area contributed by atoms with Gasteiger partial charge >= 0.3 is 12.3 Å². The van der Waals surface area contributed by atoms with Gasteiger partial charge in [0.1, 0.15) is 12.4 Å². The van der Waals surface area contributed by atoms with E-state index in [-0.39, 0.29) is 23.6 Å². The Balaban J connectivity index is 1.64. The lowest BCUT2D eigenvalue weighted by Gasteiger charge is -2.14. The number of oxime groups is 1. The van der Waals surface area contributed by atoms with Crippen LogP contribution in [0.4, 0.5) is 8.78 Å². The molecule has 0 spiro atoms. The van der Waals surface area contributed by atoms with Gasteiger partial charge in [-0.15, -0.1) is 0 Å². The molecule has 0 aliphatic heterocycles. The maximum atomic E-state index is 12.9. The number of aryl methyl sites for hydroxylation is 2. The number of tetrazole rings is 1. The highest BCUT2D eigenvalue weighted by molar-refractivity contribution is 6.00. The SMILES string of the molecule is CC(=NOCc1c(OC(F)F)cccc1-n1nnn(C)c1=O)c1cccc2c1CCC2. The molecule has 0 fully saturated rings. The number of benzene rings is 2. The van der Waals surface area contributed by atoms with Crippen LogP contribution in [0.2, 0.25) is 0 Å². The highest BCUT2D eigenvalue weighted by Gasteiger charge is 2.19. The fourth-order valence-electron chi connectivity index (χ4n) is 3.77. The van der Waals surface area contributed by atoms with Crippen molar-refractivity contribution in [3.05, 3.63) is 69.1 Å². The summed E-state index contributed by atoms with van der Waals surface area (Å²) in [5.41, 5.74) is 4.18. The molecule has 1 aliphatic carbocycles. The molecule has 0 saturated heterocycles. The van der Waals surface area contributed by atoms with Crippen LogP contribution >= 0.6 is 0 Å². The summed E-state index contributed by atoms with van der Waals surface area (Å²) in [7, 11) is 1.44. The van der Waals surface area contributed by atoms with Gasteiger partial charge in [0.2, 0.25) is 0 Å². The Morgan fingerprint density at radius 3 is 2.74 bits per heavy atom. The second kappa shape index (κ2) is 8.66. The smallest absolute Gasteiger partial charge is 0.387 e. The van der Waals surface area contributed by atoms with Gasteiger partial charge in [-0.1, -0.05) is 29.4 Å². The van der Waals surface area contributed by atoms with Crippen molar-refractivity contribution in [1.82, 2.24) is 19.8 Å². The number of hydrogen-bond acceptors (Lipinski definition) is 6. The van der Waals surface area contributed by atoms with E-state index in [4.69, 9.17) is 4.84 Å². The Hall–Kier alpha value is -3.56. The summed E-state index contributed by atoms with van der Waals surface area (Å²) in [6.45, 7) is -1.40. The highest BCUT2D eigenvalue weighted by Crippen LogP contribution is 2.28. The molecule has 0 atom stereocenters. The maximum Gasteiger partial charge on any atom is 0.387 e. The minimum Gasteiger partial charge on any atom is -0.434 e. The molecule has 162 valence electrons. The molecule has 1 aliphatic rings. The van der Waals surface area contributed by atoms with E-state index in [9.17, 15) is 13.6 Å². The summed E-state index contributed by atoms with van der Waals surface area (Å²) < 4.78 is 32.5. The van der Waals surface area contributed by atoms with Crippen molar-refractivity contribution in [2.24, 2.45) is 12.2 Å². The first kappa shape index (κ1) is 20.7. The lowest BCUT2D eigenvalue weighted by atomic mass is 10.0. The van der Waals surface area contributed by atoms with Gasteiger partial charge in [-0.3, -0.25) is 0 Å². The third-order valence-corrected chi connectivity index (χ3v) is 5.22. The van der Waals surface area contributed by atoms with E-state index in [1.165, 1.54) is 30.3 Å². The third kappa shape index (κ3) is 4.18. The molecule has 10 heteroatoms. The summed E-state index contributed by atoms with van der Waals surface area (Å²) in [4.78, 5) is 17.8. The van der Waals surface area contributed by atoms with Crippen LogP contribution in [0.15, 0.2) is 46.3 Å². The van der Waals surface area contributed by atoms with Gasteiger partial charge in [-0.2, -0.15) is 18.1 Å². The predicted molar refractivity (Wildman–Crippen MR) is 109 cm³/mol. The molecule has 2 aromatic carbocycles. The van der Waals surface area contributed by atoms with Crippen molar-refractivity contribution < 1.29 is 18.4 Å². The zero-order chi connectivity index (χ0) is 22.0. The molecule has 0 amide bonds. The number of aromatic nitrogens is 4. The molecule has 31 heavy (non-hydrogen) atoms. The normalized spacial score (nSPS) is 13.5. The van der Waals surface area contributed by atoms with Crippen molar-refractivity contribution in [2.75, 3.05) is 0 Å². The van der Waals surface area contributed by atoms with Crippen LogP contribution in [-0.4, -0.2) is 32.1 Å². The van der Waals surface area contributed by atoms with E-state index in [1.54, 1.807) is 6.07 Å². The van der Waals surface area contributed by atoms with Crippen molar-refractivity contribution >= 4 is 5.71 Å². The number of halogens is 2. The second-order valence-electron chi connectivity index (χ2n) is 7.18. The van der Waals surface area contributed by atoms with Crippen LogP contribution in [0.3, 0.4) is 0 Å². The Morgan fingerprint density at radius 1 is 1.19 bits per heavy atom. The average molecular weight is 429 g/mol. The third-order valence-electron chi connectivity index (χ3n) is 5.22. The van der Waals surface area contributed by atoms with Crippen molar-refractivity contribution in [1.29, 1.82) is 0 Å². The quantitative estimate of drug-likeness (QED) is 0.426. The monoisotopic (exact) mass is 429 g/mol. The van der Waals surface area contributed by atoms with Gasteiger partial charge < -0.3 is 9.57 Å². The number of fused-ring (bicyclic) bond motifs is 1. The van der Waals surface area contributed by atoms with Gasteiger partial charge in [0.25, 0.3) is 0 Å². The molecule has 0 unspecified atom stereocenters. The average Bonchev–Trinajstić information content (AvgIpc) is 3.35. The summed E-state index contributed by atoms with van der Waals surface area (Å²) in [6.07, 6.45) is 3.14. The number of alkyl halides is 2. The molecule has 8 nitrogen and oxygen atoms in total. The fraction of sp³-hybridized carbons (Fsp3) is 0.333. The molecule has 0 bridgehead atoms. The van der Waals surface area contributed by atoms with Gasteiger partial charge in [-0.25, -0.2) is 4.79 Å². The van der Waals surface area contributed by atoms with E-state index >= 15 is 0 Å². The molecule has 1 aromatic heterocycles. The first-order chi connectivity index (χ1) is 15.0. The number of nitrogens with zero attached hydrogens (tertiary/aromatic N) is 5. The van der Waals surface area contributed by atoms with Crippen molar-refractivity contribution in [3.8, 4) is 11.4 Å². The topological polar surface area (TPSA) is 83.5 Å². The van der Waals surface area contributed by atoms with Crippen LogP contribution in [0.1, 0.15) is 35.6 Å². The lowest BCUT2D eigenvalue weighted by molar-refractivity contribution is -0.0513. The number of rotatable bonds is 7. The molecule has 4 rings (SSSR count). The van der Waals surface area contributed by atoms with Gasteiger partial charge in [0.05, 0.1) is 17.0 Å². The summed E-state index contributed by atoms with van der Waals surface area (Å²) in [5.74, 6) is -0.126. The first-order valence-electron chi connectivity index (χ1n) is 9.79. The minimum atomic E-state index is -3.04. The van der Waals surface area contributed by atoms with Crippen LogP contribution in [-0.2, 0) is 31.3 Å². The van der Waals surface area contributed by atoms with Crippen LogP contribution in [0.25, 0.3) is 5.69 Å². The summed E-state index contributed by atoms with van der Waals surface area (Å²) >= 11 is 0. The summed E-state index contributed by atoms with van der Waals surface area (Å²) in [6, 6.07) is 10.5. The standard InChI is InChI=1S/C21H21F2N5O3/c1-13(15-8-3-6-14-7-4-9-16(14)15)24-30-12-17-18(28-21(29)27(2)25-26-28)10-5-11-19(17)31-20(22)23/h3,5-6,8,10-11,20H,4,7,9,12H2,1-2H3. The molecule has 1 heterocycles. The van der Waals surface area contributed by atoms with Crippen LogP contribution < -0.4 is 10.4 Å². The van der Waals surface area contributed by atoms with E-state index < -0.39 is 12.3 Å². The number of ether oxygens (including phenoxy) is 1. The molecular weight excluding hydrogens is 408 g/mol. The summed E-state index contributed by atoms with van der Waals surface area (Å²) in [5, 5.41) is 11.6. The zero-order valence-electron chi connectivity index (χ0n) is 17.1. The van der Waals surface area contributed by atoms with Crippen molar-refractivity contribution in [2.45, 2.75) is 39.4 Å². The molecule has 0 saturated carbocycles.